The number of rotatable bonds is 7. The van der Waals surface area contributed by atoms with Crippen LogP contribution in [-0.2, 0) is 4.79 Å². The third-order valence-electron chi connectivity index (χ3n) is 2.64. The molecule has 19 heavy (non-hydrogen) atoms. The van der Waals surface area contributed by atoms with Crippen LogP contribution in [0.3, 0.4) is 0 Å². The summed E-state index contributed by atoms with van der Waals surface area (Å²) in [6, 6.07) is 0.310. The van der Waals surface area contributed by atoms with Gasteiger partial charge in [-0.05, 0) is 38.1 Å². The summed E-state index contributed by atoms with van der Waals surface area (Å²) in [5, 5.41) is 6.20. The van der Waals surface area contributed by atoms with Crippen molar-refractivity contribution in [3.8, 4) is 0 Å². The molecule has 0 aliphatic carbocycles. The molecule has 1 atom stereocenters. The molecule has 0 aromatic carbocycles. The molecule has 1 amide bonds. The highest BCUT2D eigenvalue weighted by Gasteiger charge is 2.10. The van der Waals surface area contributed by atoms with Gasteiger partial charge in [-0.2, -0.15) is 0 Å². The predicted molar refractivity (Wildman–Crippen MR) is 86.0 cm³/mol. The van der Waals surface area contributed by atoms with E-state index < -0.39 is 0 Å². The molecule has 0 radical (unpaired) electrons. The average Bonchev–Trinajstić information content (AvgIpc) is 2.38. The molecule has 0 bridgehead atoms. The van der Waals surface area contributed by atoms with Crippen LogP contribution >= 0.6 is 12.2 Å². The molecular weight excluding hydrogens is 256 g/mol. The number of amides is 1. The molecule has 2 N–H and O–H groups in total. The van der Waals surface area contributed by atoms with E-state index in [-0.39, 0.29) is 5.91 Å². The lowest BCUT2D eigenvalue weighted by molar-refractivity contribution is -0.115. The maximum Gasteiger partial charge on any atom is 0.257 e. The molecule has 106 valence electrons. The van der Waals surface area contributed by atoms with Crippen LogP contribution in [0.2, 0.25) is 0 Å². The Morgan fingerprint density at radius 2 is 2.11 bits per heavy atom. The Balaban J connectivity index is 4.46. The average molecular weight is 280 g/mol. The van der Waals surface area contributed by atoms with E-state index in [4.69, 9.17) is 12.2 Å². The molecule has 1 unspecified atom stereocenters. The van der Waals surface area contributed by atoms with E-state index in [0.717, 1.165) is 19.3 Å². The van der Waals surface area contributed by atoms with Crippen molar-refractivity contribution in [2.24, 2.45) is 0 Å². The molecule has 0 heterocycles. The molecule has 0 aromatic heterocycles. The Hall–Kier alpha value is -1.42. The Morgan fingerprint density at radius 3 is 2.58 bits per heavy atom. The number of nitrogens with one attached hydrogen (secondary N) is 2. The van der Waals surface area contributed by atoms with Crippen LogP contribution in [0, 0.1) is 0 Å². The third-order valence-corrected chi connectivity index (χ3v) is 2.86. The van der Waals surface area contributed by atoms with E-state index in [0.29, 0.717) is 16.7 Å². The summed E-state index contributed by atoms with van der Waals surface area (Å²) in [6.45, 7) is 9.73. The molecule has 0 aliphatic heterocycles. The lowest BCUT2D eigenvalue weighted by Crippen LogP contribution is -2.44. The van der Waals surface area contributed by atoms with Crippen molar-refractivity contribution >= 4 is 23.2 Å². The van der Waals surface area contributed by atoms with Gasteiger partial charge >= 0.3 is 0 Å². The Kier molecular flexibility index (Phi) is 9.71. The highest BCUT2D eigenvalue weighted by Crippen LogP contribution is 2.01. The number of carbonyl (C=O) groups excluding carboxylic acids is 1. The van der Waals surface area contributed by atoms with Gasteiger partial charge in [0.15, 0.2) is 5.11 Å². The second-order valence-electron chi connectivity index (χ2n) is 4.17. The number of allylic oxidation sites excluding steroid dienone is 3. The molecule has 0 aliphatic rings. The van der Waals surface area contributed by atoms with Crippen molar-refractivity contribution < 1.29 is 4.79 Å². The van der Waals surface area contributed by atoms with Crippen LogP contribution in [0.1, 0.15) is 40.0 Å². The van der Waals surface area contributed by atoms with Gasteiger partial charge in [0.05, 0.1) is 0 Å². The first-order valence-electron chi connectivity index (χ1n) is 6.66. The third kappa shape index (κ3) is 7.57. The van der Waals surface area contributed by atoms with E-state index in [1.54, 1.807) is 12.2 Å². The van der Waals surface area contributed by atoms with Gasteiger partial charge in [0.2, 0.25) is 0 Å². The van der Waals surface area contributed by atoms with E-state index in [2.05, 4.69) is 31.1 Å². The summed E-state index contributed by atoms with van der Waals surface area (Å²) in [6.07, 6.45) is 9.96. The van der Waals surface area contributed by atoms with Crippen LogP contribution in [0.4, 0.5) is 0 Å². The SMILES string of the molecule is C=C/C(=C\C=C\C)C(=O)NC(=S)NC(CC)CCC. The van der Waals surface area contributed by atoms with Crippen LogP contribution in [0.5, 0.6) is 0 Å². The van der Waals surface area contributed by atoms with E-state index in [1.165, 1.54) is 6.08 Å². The number of thiocarbonyl (C=S) groups is 1. The predicted octanol–water partition coefficient (Wildman–Crippen LogP) is 3.24. The minimum absolute atomic E-state index is 0.239. The fourth-order valence-corrected chi connectivity index (χ4v) is 1.82. The van der Waals surface area contributed by atoms with Crippen molar-refractivity contribution in [2.45, 2.75) is 46.1 Å². The van der Waals surface area contributed by atoms with Crippen LogP contribution in [-0.4, -0.2) is 17.1 Å². The highest BCUT2D eigenvalue weighted by molar-refractivity contribution is 7.80. The zero-order valence-corrected chi connectivity index (χ0v) is 12.8. The molecular formula is C15H24N2OS. The monoisotopic (exact) mass is 280 g/mol. The molecule has 0 spiro atoms. The Morgan fingerprint density at radius 1 is 1.42 bits per heavy atom. The first kappa shape index (κ1) is 17.6. The molecule has 3 nitrogen and oxygen atoms in total. The minimum atomic E-state index is -0.239. The van der Waals surface area contributed by atoms with E-state index >= 15 is 0 Å². The second-order valence-corrected chi connectivity index (χ2v) is 4.58. The smallest absolute Gasteiger partial charge is 0.257 e. The normalized spacial score (nSPS) is 13.1. The second kappa shape index (κ2) is 10.5. The van der Waals surface area contributed by atoms with Gasteiger partial charge in [-0.1, -0.05) is 45.1 Å². The first-order valence-corrected chi connectivity index (χ1v) is 7.07. The topological polar surface area (TPSA) is 41.1 Å². The highest BCUT2D eigenvalue weighted by atomic mass is 32.1. The fourth-order valence-electron chi connectivity index (χ4n) is 1.56. The molecule has 0 rings (SSSR count). The van der Waals surface area contributed by atoms with Crippen molar-refractivity contribution in [3.05, 3.63) is 36.5 Å². The van der Waals surface area contributed by atoms with Crippen LogP contribution < -0.4 is 10.6 Å². The van der Waals surface area contributed by atoms with Crippen molar-refractivity contribution in [1.82, 2.24) is 10.6 Å². The van der Waals surface area contributed by atoms with E-state index in [1.807, 2.05) is 13.0 Å². The van der Waals surface area contributed by atoms with Crippen LogP contribution in [0.15, 0.2) is 36.5 Å². The largest absolute Gasteiger partial charge is 0.360 e. The van der Waals surface area contributed by atoms with Crippen molar-refractivity contribution in [2.75, 3.05) is 0 Å². The number of hydrogen-bond acceptors (Lipinski definition) is 2. The van der Waals surface area contributed by atoms with Crippen molar-refractivity contribution in [3.63, 3.8) is 0 Å². The molecule has 0 saturated carbocycles. The van der Waals surface area contributed by atoms with Gasteiger partial charge in [0.1, 0.15) is 0 Å². The molecule has 0 aromatic rings. The van der Waals surface area contributed by atoms with Crippen molar-refractivity contribution in [1.29, 1.82) is 0 Å². The maximum absolute atomic E-state index is 11.9. The first-order chi connectivity index (χ1) is 9.08. The summed E-state index contributed by atoms with van der Waals surface area (Å²) in [5.74, 6) is -0.239. The summed E-state index contributed by atoms with van der Waals surface area (Å²) < 4.78 is 0. The summed E-state index contributed by atoms with van der Waals surface area (Å²) >= 11 is 5.14. The van der Waals surface area contributed by atoms with Crippen LogP contribution in [0.25, 0.3) is 0 Å². The zero-order chi connectivity index (χ0) is 14.7. The zero-order valence-electron chi connectivity index (χ0n) is 12.0. The number of carbonyl (C=O) groups is 1. The Labute approximate surface area is 121 Å². The lowest BCUT2D eigenvalue weighted by atomic mass is 10.1. The van der Waals surface area contributed by atoms with Gasteiger partial charge in [0, 0.05) is 11.6 Å². The maximum atomic E-state index is 11.9. The van der Waals surface area contributed by atoms with Gasteiger partial charge < -0.3 is 5.32 Å². The standard InChI is InChI=1S/C15H24N2OS/c1-5-9-11-12(7-3)14(18)17-15(19)16-13(8-4)10-6-2/h5,7,9,11,13H,3,6,8,10H2,1-2,4H3,(H2,16,17,18,19)/b9-5+,12-11+. The quantitative estimate of drug-likeness (QED) is 0.427. The molecule has 0 saturated heterocycles. The number of hydrogen-bond donors (Lipinski definition) is 2. The minimum Gasteiger partial charge on any atom is -0.360 e. The van der Waals surface area contributed by atoms with Gasteiger partial charge in [-0.3, -0.25) is 10.1 Å². The Bertz CT molecular complexity index is 372. The fraction of sp³-hybridized carbons (Fsp3) is 0.467. The van der Waals surface area contributed by atoms with Gasteiger partial charge in [-0.25, -0.2) is 0 Å². The van der Waals surface area contributed by atoms with Gasteiger partial charge in [0.25, 0.3) is 5.91 Å². The van der Waals surface area contributed by atoms with E-state index in [9.17, 15) is 4.79 Å². The molecule has 0 fully saturated rings. The summed E-state index contributed by atoms with van der Waals surface area (Å²) in [7, 11) is 0. The summed E-state index contributed by atoms with van der Waals surface area (Å²) in [5.41, 5.74) is 0.491. The summed E-state index contributed by atoms with van der Waals surface area (Å²) in [4.78, 5) is 11.9. The lowest BCUT2D eigenvalue weighted by Gasteiger charge is -2.18. The molecule has 4 heteroatoms. The van der Waals surface area contributed by atoms with Gasteiger partial charge in [-0.15, -0.1) is 0 Å².